The number of fused-ring (bicyclic) bond motifs is 5. The van der Waals surface area contributed by atoms with Crippen LogP contribution in [0.1, 0.15) is 56.4 Å². The van der Waals surface area contributed by atoms with Crippen LogP contribution in [0.15, 0.2) is 11.5 Å². The van der Waals surface area contributed by atoms with Crippen molar-refractivity contribution in [2.45, 2.75) is 70.0 Å². The van der Waals surface area contributed by atoms with Gasteiger partial charge in [-0.3, -0.25) is 9.20 Å². The first-order chi connectivity index (χ1) is 14.2. The van der Waals surface area contributed by atoms with Crippen molar-refractivity contribution in [1.29, 1.82) is 0 Å². The normalized spacial score (nSPS) is 22.3. The van der Waals surface area contributed by atoms with Crippen LogP contribution in [0, 0.1) is 5.92 Å². The van der Waals surface area contributed by atoms with Gasteiger partial charge in [-0.25, -0.2) is 4.98 Å². The van der Waals surface area contributed by atoms with Crippen LogP contribution < -0.4 is 0 Å². The summed E-state index contributed by atoms with van der Waals surface area (Å²) >= 11 is 3.29. The maximum absolute atomic E-state index is 12.8. The predicted molar refractivity (Wildman–Crippen MR) is 118 cm³/mol. The number of likely N-dealkylation sites (tertiary alicyclic amines) is 1. The second kappa shape index (κ2) is 7.87. The Labute approximate surface area is 179 Å². The van der Waals surface area contributed by atoms with Gasteiger partial charge >= 0.3 is 0 Å². The molecule has 0 radical (unpaired) electrons. The molecule has 3 aromatic heterocycles. The fraction of sp³-hybridized carbons (Fsp3) is 0.619. The zero-order valence-electron chi connectivity index (χ0n) is 17.1. The highest BCUT2D eigenvalue weighted by Gasteiger charge is 2.27. The van der Waals surface area contributed by atoms with Crippen LogP contribution in [-0.4, -0.2) is 48.7 Å². The summed E-state index contributed by atoms with van der Waals surface area (Å²) in [5.74, 6) is 1.37. The number of piperidine rings is 1. The van der Waals surface area contributed by atoms with Gasteiger partial charge in [-0.2, -0.15) is 0 Å². The molecule has 29 heavy (non-hydrogen) atoms. The van der Waals surface area contributed by atoms with Crippen LogP contribution >= 0.6 is 23.1 Å². The van der Waals surface area contributed by atoms with Crippen molar-refractivity contribution in [2.24, 2.45) is 5.92 Å². The average molecular weight is 430 g/mol. The third-order valence-electron chi connectivity index (χ3n) is 6.42. The van der Waals surface area contributed by atoms with Crippen LogP contribution in [0.3, 0.4) is 0 Å². The maximum Gasteiger partial charge on any atom is 0.233 e. The summed E-state index contributed by atoms with van der Waals surface area (Å²) < 4.78 is 1.97. The van der Waals surface area contributed by atoms with Crippen LogP contribution in [0.25, 0.3) is 15.9 Å². The Hall–Kier alpha value is -1.67. The van der Waals surface area contributed by atoms with Crippen LogP contribution in [-0.2, 0) is 17.6 Å². The highest BCUT2D eigenvalue weighted by molar-refractivity contribution is 7.99. The molecule has 1 aliphatic heterocycles. The van der Waals surface area contributed by atoms with Crippen molar-refractivity contribution in [3.8, 4) is 0 Å². The Morgan fingerprint density at radius 1 is 1.31 bits per heavy atom. The molecule has 2 aliphatic rings. The topological polar surface area (TPSA) is 63.4 Å². The maximum atomic E-state index is 12.8. The molecule has 1 amide bonds. The van der Waals surface area contributed by atoms with Crippen LogP contribution in [0.5, 0.6) is 0 Å². The van der Waals surface area contributed by atoms with E-state index in [0.29, 0.717) is 11.8 Å². The fourth-order valence-electron chi connectivity index (χ4n) is 4.78. The third kappa shape index (κ3) is 3.44. The Morgan fingerprint density at radius 3 is 3.07 bits per heavy atom. The van der Waals surface area contributed by atoms with Gasteiger partial charge in [0.25, 0.3) is 0 Å². The van der Waals surface area contributed by atoms with E-state index in [0.717, 1.165) is 60.2 Å². The number of aromatic nitrogens is 4. The Bertz CT molecular complexity index is 1060. The molecule has 154 valence electrons. The SMILES string of the molecule is CC[C@H]1CCCCN1C(=O)CSc1nnc2c3c4c(sc3ncn12)C[C@H](C)CC4. The lowest BCUT2D eigenvalue weighted by Crippen LogP contribution is -2.44. The average Bonchev–Trinajstić information content (AvgIpc) is 3.31. The molecule has 8 heteroatoms. The molecular weight excluding hydrogens is 402 g/mol. The van der Waals surface area contributed by atoms with E-state index < -0.39 is 0 Å². The van der Waals surface area contributed by atoms with Crippen molar-refractivity contribution in [2.75, 3.05) is 12.3 Å². The van der Waals surface area contributed by atoms with Gasteiger partial charge in [0.1, 0.15) is 11.2 Å². The summed E-state index contributed by atoms with van der Waals surface area (Å²) in [6.45, 7) is 5.39. The van der Waals surface area contributed by atoms with E-state index in [1.165, 1.54) is 40.4 Å². The smallest absolute Gasteiger partial charge is 0.233 e. The van der Waals surface area contributed by atoms with Gasteiger partial charge in [-0.15, -0.1) is 21.5 Å². The summed E-state index contributed by atoms with van der Waals surface area (Å²) in [7, 11) is 0. The largest absolute Gasteiger partial charge is 0.339 e. The number of carbonyl (C=O) groups excluding carboxylic acids is 1. The molecule has 6 nitrogen and oxygen atoms in total. The van der Waals surface area contributed by atoms with Gasteiger partial charge in [0.15, 0.2) is 10.8 Å². The number of amides is 1. The number of thioether (sulfide) groups is 1. The first-order valence-electron chi connectivity index (χ1n) is 10.7. The minimum absolute atomic E-state index is 0.217. The molecule has 2 atom stereocenters. The highest BCUT2D eigenvalue weighted by Crippen LogP contribution is 2.39. The molecule has 1 fully saturated rings. The van der Waals surface area contributed by atoms with Gasteiger partial charge in [0.2, 0.25) is 5.91 Å². The van der Waals surface area contributed by atoms with E-state index >= 15 is 0 Å². The van der Waals surface area contributed by atoms with Crippen molar-refractivity contribution in [3.63, 3.8) is 0 Å². The molecule has 0 aromatic carbocycles. The number of rotatable bonds is 4. The Morgan fingerprint density at radius 2 is 2.21 bits per heavy atom. The van der Waals surface area contributed by atoms with Gasteiger partial charge in [-0.1, -0.05) is 25.6 Å². The monoisotopic (exact) mass is 429 g/mol. The molecule has 0 bridgehead atoms. The zero-order valence-corrected chi connectivity index (χ0v) is 18.7. The lowest BCUT2D eigenvalue weighted by Gasteiger charge is -2.35. The van der Waals surface area contributed by atoms with Crippen molar-refractivity contribution >= 4 is 44.9 Å². The molecule has 0 N–H and O–H groups in total. The van der Waals surface area contributed by atoms with Gasteiger partial charge < -0.3 is 4.90 Å². The summed E-state index contributed by atoms with van der Waals surface area (Å²) in [6.07, 6.45) is 9.79. The number of thiophene rings is 1. The van der Waals surface area contributed by atoms with E-state index in [1.54, 1.807) is 0 Å². The quantitative estimate of drug-likeness (QED) is 0.577. The Balaban J connectivity index is 1.40. The van der Waals surface area contributed by atoms with E-state index in [2.05, 4.69) is 28.9 Å². The summed E-state index contributed by atoms with van der Waals surface area (Å²) in [6, 6.07) is 0.396. The number of hydrogen-bond acceptors (Lipinski definition) is 6. The molecule has 1 aliphatic carbocycles. The number of nitrogens with zero attached hydrogens (tertiary/aromatic N) is 5. The molecule has 4 heterocycles. The lowest BCUT2D eigenvalue weighted by molar-refractivity contribution is -0.132. The van der Waals surface area contributed by atoms with Gasteiger partial charge in [0, 0.05) is 17.5 Å². The molecule has 5 rings (SSSR count). The van der Waals surface area contributed by atoms with Gasteiger partial charge in [0.05, 0.1) is 11.1 Å². The standard InChI is InChI=1S/C21H27N5OS2/c1-3-14-6-4-5-9-25(14)17(27)11-28-21-24-23-19-18-15-8-7-13(2)10-16(15)29-20(18)22-12-26(19)21/h12-14H,3-11H2,1-2H3/t13-,14+/m1/s1. The predicted octanol–water partition coefficient (Wildman–Crippen LogP) is 4.35. The zero-order chi connectivity index (χ0) is 20.0. The molecule has 0 unspecified atom stereocenters. The number of aryl methyl sites for hydroxylation is 1. The number of carbonyl (C=O) groups is 1. The van der Waals surface area contributed by atoms with Crippen molar-refractivity contribution < 1.29 is 4.79 Å². The van der Waals surface area contributed by atoms with Crippen LogP contribution in [0.2, 0.25) is 0 Å². The minimum Gasteiger partial charge on any atom is -0.339 e. The molecule has 0 saturated carbocycles. The third-order valence-corrected chi connectivity index (χ3v) is 8.51. The molecule has 1 saturated heterocycles. The summed E-state index contributed by atoms with van der Waals surface area (Å²) in [4.78, 5) is 22.1. The van der Waals surface area contributed by atoms with Crippen LogP contribution in [0.4, 0.5) is 0 Å². The lowest BCUT2D eigenvalue weighted by atomic mass is 9.89. The van der Waals surface area contributed by atoms with E-state index in [-0.39, 0.29) is 5.91 Å². The van der Waals surface area contributed by atoms with Crippen molar-refractivity contribution in [1.82, 2.24) is 24.5 Å². The van der Waals surface area contributed by atoms with E-state index in [4.69, 9.17) is 4.98 Å². The van der Waals surface area contributed by atoms with E-state index in [1.807, 2.05) is 22.1 Å². The number of hydrogen-bond donors (Lipinski definition) is 0. The van der Waals surface area contributed by atoms with Crippen molar-refractivity contribution in [3.05, 3.63) is 16.8 Å². The second-order valence-electron chi connectivity index (χ2n) is 8.39. The fourth-order valence-corrected chi connectivity index (χ4v) is 6.92. The summed E-state index contributed by atoms with van der Waals surface area (Å²) in [5, 5.41) is 10.9. The van der Waals surface area contributed by atoms with Gasteiger partial charge in [-0.05, 0) is 56.4 Å². The molecule has 3 aromatic rings. The molecular formula is C21H27N5OS2. The highest BCUT2D eigenvalue weighted by atomic mass is 32.2. The first-order valence-corrected chi connectivity index (χ1v) is 12.5. The first kappa shape index (κ1) is 19.3. The summed E-state index contributed by atoms with van der Waals surface area (Å²) in [5.41, 5.74) is 2.31. The Kier molecular flexibility index (Phi) is 5.24. The van der Waals surface area contributed by atoms with E-state index in [9.17, 15) is 4.79 Å². The minimum atomic E-state index is 0.217. The molecule has 0 spiro atoms. The second-order valence-corrected chi connectivity index (χ2v) is 10.4.